The second-order valence-corrected chi connectivity index (χ2v) is 6.55. The number of nitrogens with one attached hydrogen (secondary N) is 1. The molecule has 1 fully saturated rings. The molecule has 28 heavy (non-hydrogen) atoms. The Morgan fingerprint density at radius 2 is 1.82 bits per heavy atom. The van der Waals surface area contributed by atoms with Crippen molar-refractivity contribution in [2.45, 2.75) is 27.2 Å². The fraction of sp³-hybridized carbons (Fsp3) is 0.227. The van der Waals surface area contributed by atoms with E-state index < -0.39 is 11.8 Å². The van der Waals surface area contributed by atoms with Gasteiger partial charge < -0.3 is 4.74 Å². The molecule has 1 aliphatic rings. The molecule has 3 rings (SSSR count). The first-order chi connectivity index (χ1) is 13.5. The van der Waals surface area contributed by atoms with E-state index in [1.165, 1.54) is 5.01 Å². The first-order valence-electron chi connectivity index (χ1n) is 9.06. The number of amides is 2. The van der Waals surface area contributed by atoms with E-state index >= 15 is 0 Å². The van der Waals surface area contributed by atoms with E-state index in [1.807, 2.05) is 39.0 Å². The van der Waals surface area contributed by atoms with Crippen molar-refractivity contribution in [3.8, 4) is 11.8 Å². The third kappa shape index (κ3) is 3.60. The highest BCUT2D eigenvalue weighted by molar-refractivity contribution is 6.31. The Bertz CT molecular complexity index is 1000. The molecule has 2 aromatic rings. The van der Waals surface area contributed by atoms with E-state index in [2.05, 4.69) is 5.43 Å². The molecular weight excluding hydrogens is 354 g/mol. The van der Waals surface area contributed by atoms with Crippen LogP contribution in [-0.2, 0) is 9.59 Å². The maximum atomic E-state index is 12.8. The highest BCUT2D eigenvalue weighted by atomic mass is 16.5. The summed E-state index contributed by atoms with van der Waals surface area (Å²) in [5.74, 6) is -0.0845. The summed E-state index contributed by atoms with van der Waals surface area (Å²) in [6.07, 6.45) is 2.53. The summed E-state index contributed by atoms with van der Waals surface area (Å²) in [5, 5.41) is 10.1. The van der Waals surface area contributed by atoms with Crippen LogP contribution in [-0.4, -0.2) is 18.4 Å². The van der Waals surface area contributed by atoms with Gasteiger partial charge in [-0.05, 0) is 73.4 Å². The van der Waals surface area contributed by atoms with Gasteiger partial charge in [0.1, 0.15) is 11.3 Å². The Hall–Kier alpha value is -3.59. The van der Waals surface area contributed by atoms with Crippen LogP contribution in [0.3, 0.4) is 0 Å². The van der Waals surface area contributed by atoms with Crippen LogP contribution >= 0.6 is 0 Å². The number of carbonyl (C=O) groups excluding carboxylic acids is 2. The van der Waals surface area contributed by atoms with E-state index in [4.69, 9.17) is 10.00 Å². The predicted octanol–water partition coefficient (Wildman–Crippen LogP) is 3.43. The van der Waals surface area contributed by atoms with Crippen LogP contribution in [0.15, 0.2) is 42.0 Å². The monoisotopic (exact) mass is 375 g/mol. The maximum Gasteiger partial charge on any atom is 0.282 e. The van der Waals surface area contributed by atoms with Gasteiger partial charge in [0, 0.05) is 0 Å². The molecule has 1 N–H and O–H groups in total. The van der Waals surface area contributed by atoms with Crippen LogP contribution in [0.1, 0.15) is 35.6 Å². The number of hydrogen-bond donors (Lipinski definition) is 1. The lowest BCUT2D eigenvalue weighted by molar-refractivity contribution is -0.117. The molecule has 0 unspecified atom stereocenters. The summed E-state index contributed by atoms with van der Waals surface area (Å²) in [6.45, 7) is 6.59. The quantitative estimate of drug-likeness (QED) is 0.641. The summed E-state index contributed by atoms with van der Waals surface area (Å²) in [6, 6.07) is 12.2. The molecular formula is C22H21N3O3. The van der Waals surface area contributed by atoms with Crippen molar-refractivity contribution in [1.29, 1.82) is 5.26 Å². The Kier molecular flexibility index (Phi) is 5.46. The number of hydrogen-bond acceptors (Lipinski definition) is 4. The van der Waals surface area contributed by atoms with Crippen molar-refractivity contribution in [3.63, 3.8) is 0 Å². The molecule has 0 saturated carbocycles. The lowest BCUT2D eigenvalue weighted by Gasteiger charge is -2.14. The van der Waals surface area contributed by atoms with E-state index in [0.717, 1.165) is 28.9 Å². The van der Waals surface area contributed by atoms with Crippen LogP contribution in [0.25, 0.3) is 6.08 Å². The number of rotatable bonds is 5. The Labute approximate surface area is 164 Å². The second kappa shape index (κ2) is 7.97. The molecule has 1 saturated heterocycles. The summed E-state index contributed by atoms with van der Waals surface area (Å²) in [7, 11) is 0. The molecule has 2 aromatic carbocycles. The van der Waals surface area contributed by atoms with E-state index in [1.54, 1.807) is 30.3 Å². The minimum absolute atomic E-state index is 0.0640. The smallest absolute Gasteiger partial charge is 0.282 e. The average Bonchev–Trinajstić information content (AvgIpc) is 2.99. The van der Waals surface area contributed by atoms with Crippen molar-refractivity contribution >= 4 is 23.6 Å². The zero-order valence-electron chi connectivity index (χ0n) is 16.1. The minimum atomic E-state index is -0.460. The topological polar surface area (TPSA) is 82.4 Å². The van der Waals surface area contributed by atoms with Crippen molar-refractivity contribution in [2.24, 2.45) is 0 Å². The van der Waals surface area contributed by atoms with Gasteiger partial charge in [-0.15, -0.1) is 0 Å². The maximum absolute atomic E-state index is 12.8. The zero-order chi connectivity index (χ0) is 20.3. The molecule has 0 aromatic heterocycles. The molecule has 1 aliphatic heterocycles. The molecule has 0 radical (unpaired) electrons. The summed E-state index contributed by atoms with van der Waals surface area (Å²) < 4.78 is 5.73. The van der Waals surface area contributed by atoms with Crippen molar-refractivity contribution in [3.05, 3.63) is 64.2 Å². The highest BCUT2D eigenvalue weighted by Crippen LogP contribution is 2.28. The standard InChI is InChI=1S/C22H21N3O3/c1-4-11-28-20-10-7-17(14(2)15(20)3)12-19-21(26)24-25(22(19)27)18-8-5-16(13-23)6-9-18/h5-10,12H,4,11H2,1-3H3,(H,24,26)/b19-12-. The van der Waals surface area contributed by atoms with Gasteiger partial charge in [0.2, 0.25) is 0 Å². The van der Waals surface area contributed by atoms with E-state index in [-0.39, 0.29) is 5.57 Å². The molecule has 0 spiro atoms. The number of ether oxygens (including phenoxy) is 1. The van der Waals surface area contributed by atoms with Gasteiger partial charge in [0.05, 0.1) is 23.9 Å². The lowest BCUT2D eigenvalue weighted by atomic mass is 10.00. The molecule has 0 aliphatic carbocycles. The Morgan fingerprint density at radius 3 is 2.46 bits per heavy atom. The number of anilines is 1. The van der Waals surface area contributed by atoms with Gasteiger partial charge >= 0.3 is 0 Å². The van der Waals surface area contributed by atoms with Crippen LogP contribution in [0, 0.1) is 25.2 Å². The van der Waals surface area contributed by atoms with Crippen molar-refractivity contribution in [1.82, 2.24) is 5.43 Å². The van der Waals surface area contributed by atoms with Gasteiger partial charge in [-0.3, -0.25) is 15.0 Å². The molecule has 6 heteroatoms. The number of carbonyl (C=O) groups is 2. The molecule has 0 bridgehead atoms. The summed E-state index contributed by atoms with van der Waals surface area (Å²) in [4.78, 5) is 25.1. The largest absolute Gasteiger partial charge is 0.493 e. The molecule has 0 atom stereocenters. The second-order valence-electron chi connectivity index (χ2n) is 6.55. The van der Waals surface area contributed by atoms with Crippen LogP contribution in [0.4, 0.5) is 5.69 Å². The number of benzene rings is 2. The zero-order valence-corrected chi connectivity index (χ0v) is 16.1. The number of nitrogens with zero attached hydrogens (tertiary/aromatic N) is 2. The van der Waals surface area contributed by atoms with Crippen LogP contribution in [0.2, 0.25) is 0 Å². The lowest BCUT2D eigenvalue weighted by Crippen LogP contribution is -2.35. The fourth-order valence-electron chi connectivity index (χ4n) is 2.92. The number of hydrazine groups is 1. The predicted molar refractivity (Wildman–Crippen MR) is 106 cm³/mol. The molecule has 6 nitrogen and oxygen atoms in total. The van der Waals surface area contributed by atoms with Crippen molar-refractivity contribution in [2.75, 3.05) is 11.6 Å². The van der Waals surface area contributed by atoms with E-state index in [0.29, 0.717) is 17.9 Å². The summed E-state index contributed by atoms with van der Waals surface area (Å²) >= 11 is 0. The molecule has 2 amide bonds. The fourth-order valence-corrected chi connectivity index (χ4v) is 2.92. The Morgan fingerprint density at radius 1 is 1.11 bits per heavy atom. The van der Waals surface area contributed by atoms with Gasteiger partial charge in [-0.2, -0.15) is 5.26 Å². The molecule has 142 valence electrons. The normalized spacial score (nSPS) is 14.9. The van der Waals surface area contributed by atoms with Crippen molar-refractivity contribution < 1.29 is 14.3 Å². The minimum Gasteiger partial charge on any atom is -0.493 e. The number of nitriles is 1. The third-order valence-electron chi connectivity index (χ3n) is 4.69. The first-order valence-corrected chi connectivity index (χ1v) is 9.06. The van der Waals surface area contributed by atoms with E-state index in [9.17, 15) is 9.59 Å². The van der Waals surface area contributed by atoms with Gasteiger partial charge in [-0.25, -0.2) is 5.01 Å². The van der Waals surface area contributed by atoms with Gasteiger partial charge in [-0.1, -0.05) is 13.0 Å². The van der Waals surface area contributed by atoms with Crippen LogP contribution in [0.5, 0.6) is 5.75 Å². The molecule has 1 heterocycles. The average molecular weight is 375 g/mol. The SMILES string of the molecule is CCCOc1ccc(/C=C2/C(=O)NN(c3ccc(C#N)cc3)C2=O)c(C)c1C. The first kappa shape index (κ1) is 19.2. The van der Waals surface area contributed by atoms with Crippen LogP contribution < -0.4 is 15.2 Å². The van der Waals surface area contributed by atoms with Gasteiger partial charge in [0.25, 0.3) is 11.8 Å². The third-order valence-corrected chi connectivity index (χ3v) is 4.69. The highest BCUT2D eigenvalue weighted by Gasteiger charge is 2.34. The van der Waals surface area contributed by atoms with Gasteiger partial charge in [0.15, 0.2) is 0 Å². The summed E-state index contributed by atoms with van der Waals surface area (Å²) in [5.41, 5.74) is 6.35. The Balaban J connectivity index is 1.90.